The Balaban J connectivity index is 1.87. The molecule has 2 aromatic heterocycles. The summed E-state index contributed by atoms with van der Waals surface area (Å²) < 4.78 is 0. The van der Waals surface area contributed by atoms with E-state index in [1.807, 2.05) is 18.2 Å². The lowest BCUT2D eigenvalue weighted by Gasteiger charge is -2.26. The third kappa shape index (κ3) is 1.95. The summed E-state index contributed by atoms with van der Waals surface area (Å²) in [7, 11) is 0. The number of hydrogen-bond donors (Lipinski definition) is 1. The van der Waals surface area contributed by atoms with E-state index in [4.69, 9.17) is 5.11 Å². The quantitative estimate of drug-likeness (QED) is 0.893. The Morgan fingerprint density at radius 2 is 2.33 bits per heavy atom. The number of carboxylic acid groups (broad SMARTS) is 1. The molecule has 0 amide bonds. The van der Waals surface area contributed by atoms with Gasteiger partial charge in [0.1, 0.15) is 5.82 Å². The van der Waals surface area contributed by atoms with Crippen molar-refractivity contribution < 1.29 is 9.90 Å². The lowest BCUT2D eigenvalue weighted by molar-refractivity contribution is 0.0696. The Labute approximate surface area is 108 Å². The van der Waals surface area contributed by atoms with Gasteiger partial charge in [-0.1, -0.05) is 6.07 Å². The number of hydrogen-bond acceptors (Lipinski definition) is 5. The van der Waals surface area contributed by atoms with Crippen LogP contribution in [0.3, 0.4) is 0 Å². The van der Waals surface area contributed by atoms with Gasteiger partial charge in [0.15, 0.2) is 0 Å². The predicted molar refractivity (Wildman–Crippen MR) is 68.1 cm³/mol. The molecule has 18 heavy (non-hydrogen) atoms. The molecule has 3 rings (SSSR count). The SMILES string of the molecule is O=C(O)c1nc2c(s1)CN(c1ccccn1)CC2. The predicted octanol–water partition coefficient (Wildman–Crippen LogP) is 1.80. The lowest BCUT2D eigenvalue weighted by atomic mass is 10.2. The summed E-state index contributed by atoms with van der Waals surface area (Å²) in [6.45, 7) is 1.52. The standard InChI is InChI=1S/C12H11N3O2S/c16-12(17)11-14-8-4-6-15(7-9(8)18-11)10-3-1-2-5-13-10/h1-3,5H,4,6-7H2,(H,16,17). The third-order valence-electron chi connectivity index (χ3n) is 2.89. The average Bonchev–Trinajstić information content (AvgIpc) is 2.82. The number of thiazole rings is 1. The van der Waals surface area contributed by atoms with Crippen LogP contribution in [-0.2, 0) is 13.0 Å². The highest BCUT2D eigenvalue weighted by molar-refractivity contribution is 7.13. The van der Waals surface area contributed by atoms with E-state index in [1.54, 1.807) is 6.20 Å². The maximum Gasteiger partial charge on any atom is 0.365 e. The number of aromatic carboxylic acids is 1. The molecular formula is C12H11N3O2S. The van der Waals surface area contributed by atoms with Gasteiger partial charge in [-0.25, -0.2) is 14.8 Å². The van der Waals surface area contributed by atoms with Crippen LogP contribution in [0.5, 0.6) is 0 Å². The van der Waals surface area contributed by atoms with Crippen LogP contribution in [0.1, 0.15) is 20.4 Å². The highest BCUT2D eigenvalue weighted by Gasteiger charge is 2.23. The first kappa shape index (κ1) is 11.2. The number of aromatic nitrogens is 2. The van der Waals surface area contributed by atoms with Crippen molar-refractivity contribution in [1.82, 2.24) is 9.97 Å². The van der Waals surface area contributed by atoms with Crippen molar-refractivity contribution in [3.63, 3.8) is 0 Å². The number of rotatable bonds is 2. The summed E-state index contributed by atoms with van der Waals surface area (Å²) in [6.07, 6.45) is 2.54. The highest BCUT2D eigenvalue weighted by atomic mass is 32.1. The first-order valence-corrected chi connectivity index (χ1v) is 6.43. The van der Waals surface area contributed by atoms with Crippen LogP contribution in [-0.4, -0.2) is 27.6 Å². The molecule has 1 aliphatic rings. The summed E-state index contributed by atoms with van der Waals surface area (Å²) >= 11 is 1.26. The van der Waals surface area contributed by atoms with Crippen molar-refractivity contribution in [2.24, 2.45) is 0 Å². The van der Waals surface area contributed by atoms with Crippen LogP contribution in [0, 0.1) is 0 Å². The molecule has 0 saturated heterocycles. The van der Waals surface area contributed by atoms with Gasteiger partial charge in [-0.2, -0.15) is 0 Å². The second kappa shape index (κ2) is 4.38. The Morgan fingerprint density at radius 1 is 1.44 bits per heavy atom. The summed E-state index contributed by atoms with van der Waals surface area (Å²) in [6, 6.07) is 5.80. The van der Waals surface area contributed by atoms with Gasteiger partial charge in [0.25, 0.3) is 0 Å². The Bertz CT molecular complexity index is 582. The van der Waals surface area contributed by atoms with Crippen LogP contribution in [0.2, 0.25) is 0 Å². The molecule has 3 heterocycles. The van der Waals surface area contributed by atoms with E-state index in [0.29, 0.717) is 6.54 Å². The van der Waals surface area contributed by atoms with E-state index in [1.165, 1.54) is 11.3 Å². The van der Waals surface area contributed by atoms with E-state index in [9.17, 15) is 4.79 Å². The average molecular weight is 261 g/mol. The molecule has 5 nitrogen and oxygen atoms in total. The number of fused-ring (bicyclic) bond motifs is 1. The third-order valence-corrected chi connectivity index (χ3v) is 3.96. The van der Waals surface area contributed by atoms with Crippen molar-refractivity contribution in [3.05, 3.63) is 40.0 Å². The number of pyridine rings is 1. The molecule has 0 saturated carbocycles. The van der Waals surface area contributed by atoms with Crippen LogP contribution in [0.4, 0.5) is 5.82 Å². The maximum atomic E-state index is 10.9. The zero-order valence-electron chi connectivity index (χ0n) is 9.54. The van der Waals surface area contributed by atoms with Gasteiger partial charge >= 0.3 is 5.97 Å². The monoisotopic (exact) mass is 261 g/mol. The Morgan fingerprint density at radius 3 is 3.06 bits per heavy atom. The fraction of sp³-hybridized carbons (Fsp3) is 0.250. The summed E-state index contributed by atoms with van der Waals surface area (Å²) in [4.78, 5) is 22.5. The van der Waals surface area contributed by atoms with Gasteiger partial charge in [0.2, 0.25) is 5.01 Å². The minimum Gasteiger partial charge on any atom is -0.476 e. The lowest BCUT2D eigenvalue weighted by Crippen LogP contribution is -2.30. The molecule has 0 fully saturated rings. The first-order valence-electron chi connectivity index (χ1n) is 5.62. The van der Waals surface area contributed by atoms with Gasteiger partial charge < -0.3 is 10.0 Å². The molecule has 0 aliphatic carbocycles. The number of carbonyl (C=O) groups is 1. The molecule has 0 radical (unpaired) electrons. The van der Waals surface area contributed by atoms with Crippen LogP contribution < -0.4 is 4.90 Å². The second-order valence-electron chi connectivity index (χ2n) is 4.05. The van der Waals surface area contributed by atoms with Crippen molar-refractivity contribution >= 4 is 23.1 Å². The normalized spacial score (nSPS) is 14.3. The molecule has 1 aliphatic heterocycles. The fourth-order valence-electron chi connectivity index (χ4n) is 2.02. The molecule has 1 N–H and O–H groups in total. The topological polar surface area (TPSA) is 66.3 Å². The largest absolute Gasteiger partial charge is 0.476 e. The zero-order chi connectivity index (χ0) is 12.5. The fourth-order valence-corrected chi connectivity index (χ4v) is 2.99. The second-order valence-corrected chi connectivity index (χ2v) is 5.14. The smallest absolute Gasteiger partial charge is 0.365 e. The van der Waals surface area contributed by atoms with E-state index in [0.717, 1.165) is 29.4 Å². The highest BCUT2D eigenvalue weighted by Crippen LogP contribution is 2.27. The first-order chi connectivity index (χ1) is 8.74. The van der Waals surface area contributed by atoms with Gasteiger partial charge in [0, 0.05) is 24.0 Å². The van der Waals surface area contributed by atoms with Crippen molar-refractivity contribution in [2.75, 3.05) is 11.4 Å². The van der Waals surface area contributed by atoms with Crippen molar-refractivity contribution in [1.29, 1.82) is 0 Å². The number of carboxylic acids is 1. The Kier molecular flexibility index (Phi) is 2.71. The molecule has 0 spiro atoms. The van der Waals surface area contributed by atoms with Crippen molar-refractivity contribution in [3.8, 4) is 0 Å². The number of nitrogens with zero attached hydrogens (tertiary/aromatic N) is 3. The maximum absolute atomic E-state index is 10.9. The Hall–Kier alpha value is -1.95. The van der Waals surface area contributed by atoms with Crippen molar-refractivity contribution in [2.45, 2.75) is 13.0 Å². The van der Waals surface area contributed by atoms with E-state index < -0.39 is 5.97 Å². The van der Waals surface area contributed by atoms with Gasteiger partial charge in [-0.05, 0) is 12.1 Å². The summed E-state index contributed by atoms with van der Waals surface area (Å²) in [5, 5.41) is 9.12. The summed E-state index contributed by atoms with van der Waals surface area (Å²) in [5.74, 6) is -0.0211. The zero-order valence-corrected chi connectivity index (χ0v) is 10.4. The van der Waals surface area contributed by atoms with Crippen LogP contribution in [0.25, 0.3) is 0 Å². The molecular weight excluding hydrogens is 250 g/mol. The van der Waals surface area contributed by atoms with E-state index >= 15 is 0 Å². The van der Waals surface area contributed by atoms with E-state index in [-0.39, 0.29) is 5.01 Å². The molecule has 2 aromatic rings. The molecule has 0 bridgehead atoms. The van der Waals surface area contributed by atoms with Gasteiger partial charge in [-0.3, -0.25) is 0 Å². The van der Waals surface area contributed by atoms with E-state index in [2.05, 4.69) is 14.9 Å². The van der Waals surface area contributed by atoms with Gasteiger partial charge in [-0.15, -0.1) is 11.3 Å². The van der Waals surface area contributed by atoms with Crippen LogP contribution in [0.15, 0.2) is 24.4 Å². The molecule has 0 unspecified atom stereocenters. The van der Waals surface area contributed by atoms with Crippen LogP contribution >= 0.6 is 11.3 Å². The summed E-state index contributed by atoms with van der Waals surface area (Å²) in [5.41, 5.74) is 0.921. The molecule has 6 heteroatoms. The number of anilines is 1. The molecule has 0 atom stereocenters. The minimum absolute atomic E-state index is 0.183. The molecule has 92 valence electrons. The van der Waals surface area contributed by atoms with Gasteiger partial charge in [0.05, 0.1) is 12.2 Å². The minimum atomic E-state index is -0.946. The molecule has 0 aromatic carbocycles.